The van der Waals surface area contributed by atoms with Crippen molar-refractivity contribution in [3.8, 4) is 0 Å². The molecule has 0 saturated heterocycles. The molecule has 1 amide bonds. The number of nitrogens with one attached hydrogen (secondary N) is 1. The van der Waals surface area contributed by atoms with Crippen LogP contribution in [0, 0.1) is 0 Å². The molecule has 0 spiro atoms. The number of carbonyl (C=O) groups is 1. The van der Waals surface area contributed by atoms with Gasteiger partial charge in [-0.2, -0.15) is 0 Å². The lowest BCUT2D eigenvalue weighted by Gasteiger charge is -2.18. The predicted octanol–water partition coefficient (Wildman–Crippen LogP) is 4.89. The van der Waals surface area contributed by atoms with Crippen LogP contribution in [0.5, 0.6) is 0 Å². The lowest BCUT2D eigenvalue weighted by Crippen LogP contribution is -2.30. The van der Waals surface area contributed by atoms with Gasteiger partial charge in [0.05, 0.1) is 11.8 Å². The van der Waals surface area contributed by atoms with E-state index in [0.29, 0.717) is 5.75 Å². The van der Waals surface area contributed by atoms with Gasteiger partial charge in [-0.05, 0) is 22.6 Å². The van der Waals surface area contributed by atoms with Gasteiger partial charge in [-0.15, -0.1) is 23.1 Å². The third-order valence-corrected chi connectivity index (χ3v) is 5.55. The van der Waals surface area contributed by atoms with Crippen molar-refractivity contribution in [2.45, 2.75) is 11.8 Å². The van der Waals surface area contributed by atoms with Crippen molar-refractivity contribution in [2.24, 2.45) is 0 Å². The third-order valence-electron chi connectivity index (χ3n) is 3.61. The molecule has 1 N–H and O–H groups in total. The van der Waals surface area contributed by atoms with Crippen molar-refractivity contribution < 1.29 is 4.79 Å². The summed E-state index contributed by atoms with van der Waals surface area (Å²) in [4.78, 5) is 13.5. The number of thiophene rings is 1. The maximum atomic E-state index is 12.4. The summed E-state index contributed by atoms with van der Waals surface area (Å²) in [6, 6.07) is 24.4. The smallest absolute Gasteiger partial charge is 0.230 e. The molecule has 0 bridgehead atoms. The first-order valence-electron chi connectivity index (χ1n) is 7.82. The van der Waals surface area contributed by atoms with Gasteiger partial charge >= 0.3 is 0 Å². The third kappa shape index (κ3) is 4.73. The fourth-order valence-electron chi connectivity index (χ4n) is 2.46. The van der Waals surface area contributed by atoms with E-state index in [1.54, 1.807) is 23.1 Å². The average Bonchev–Trinajstić information content (AvgIpc) is 3.16. The number of hydrogen-bond donors (Lipinski definition) is 1. The van der Waals surface area contributed by atoms with E-state index in [4.69, 9.17) is 0 Å². The molecule has 3 aromatic rings. The molecule has 0 aliphatic heterocycles. The van der Waals surface area contributed by atoms with E-state index >= 15 is 0 Å². The largest absolute Gasteiger partial charge is 0.344 e. The zero-order valence-electron chi connectivity index (χ0n) is 13.2. The number of thioether (sulfide) groups is 1. The minimum Gasteiger partial charge on any atom is -0.344 e. The molecular formula is C20H19NOS2. The normalized spacial score (nSPS) is 11.8. The molecule has 4 heteroatoms. The Morgan fingerprint density at radius 1 is 0.958 bits per heavy atom. The fourth-order valence-corrected chi connectivity index (χ4v) is 4.06. The summed E-state index contributed by atoms with van der Waals surface area (Å²) in [6.07, 6.45) is 0. The first-order chi connectivity index (χ1) is 11.8. The van der Waals surface area contributed by atoms with E-state index in [1.807, 2.05) is 47.8 Å². The first kappa shape index (κ1) is 16.8. The highest BCUT2D eigenvalue weighted by Crippen LogP contribution is 2.26. The molecule has 2 nitrogen and oxygen atoms in total. The molecule has 0 aliphatic carbocycles. The van der Waals surface area contributed by atoms with Gasteiger partial charge in [-0.3, -0.25) is 4.79 Å². The van der Waals surface area contributed by atoms with Gasteiger partial charge in [-0.25, -0.2) is 0 Å². The van der Waals surface area contributed by atoms with Crippen LogP contribution in [0.3, 0.4) is 0 Å². The standard InChI is InChI=1S/C20H19NOS2/c22-19(15-23-14-16-8-3-1-4-9-16)21-20(18-12-7-13-24-18)17-10-5-2-6-11-17/h1-13,20H,14-15H2,(H,21,22). The van der Waals surface area contributed by atoms with E-state index < -0.39 is 0 Å². The molecule has 0 radical (unpaired) electrons. The summed E-state index contributed by atoms with van der Waals surface area (Å²) < 4.78 is 0. The zero-order chi connectivity index (χ0) is 16.6. The molecule has 1 unspecified atom stereocenters. The molecule has 24 heavy (non-hydrogen) atoms. The van der Waals surface area contributed by atoms with Gasteiger partial charge in [0.1, 0.15) is 0 Å². The minimum absolute atomic E-state index is 0.0678. The van der Waals surface area contributed by atoms with Crippen LogP contribution in [-0.2, 0) is 10.5 Å². The Bertz CT molecular complexity index is 742. The van der Waals surface area contributed by atoms with Crippen LogP contribution in [-0.4, -0.2) is 11.7 Å². The molecule has 3 rings (SSSR count). The Balaban J connectivity index is 1.59. The van der Waals surface area contributed by atoms with Crippen molar-refractivity contribution >= 4 is 29.0 Å². The molecule has 0 saturated carbocycles. The van der Waals surface area contributed by atoms with Crippen LogP contribution in [0.2, 0.25) is 0 Å². The van der Waals surface area contributed by atoms with E-state index in [1.165, 1.54) is 5.56 Å². The van der Waals surface area contributed by atoms with E-state index in [9.17, 15) is 4.79 Å². The second-order valence-electron chi connectivity index (χ2n) is 5.41. The lowest BCUT2D eigenvalue weighted by atomic mass is 10.1. The van der Waals surface area contributed by atoms with Crippen molar-refractivity contribution in [3.63, 3.8) is 0 Å². The monoisotopic (exact) mass is 353 g/mol. The number of rotatable bonds is 7. The van der Waals surface area contributed by atoms with Gasteiger partial charge < -0.3 is 5.32 Å². The number of carbonyl (C=O) groups excluding carboxylic acids is 1. The second kappa shape index (κ2) is 8.71. The highest BCUT2D eigenvalue weighted by Gasteiger charge is 2.17. The summed E-state index contributed by atoms with van der Waals surface area (Å²) in [5, 5.41) is 5.22. The average molecular weight is 354 g/mol. The minimum atomic E-state index is -0.0731. The van der Waals surface area contributed by atoms with Crippen LogP contribution >= 0.6 is 23.1 Å². The van der Waals surface area contributed by atoms with Gasteiger partial charge in [0, 0.05) is 10.6 Å². The SMILES string of the molecule is O=C(CSCc1ccccc1)NC(c1ccccc1)c1cccs1. The van der Waals surface area contributed by atoms with Gasteiger partial charge in [-0.1, -0.05) is 66.7 Å². The molecule has 0 fully saturated rings. The summed E-state index contributed by atoms with van der Waals surface area (Å²) in [5.74, 6) is 1.38. The Labute approximate surface area is 150 Å². The van der Waals surface area contributed by atoms with Crippen molar-refractivity contribution in [2.75, 3.05) is 5.75 Å². The first-order valence-corrected chi connectivity index (χ1v) is 9.86. The van der Waals surface area contributed by atoms with Crippen LogP contribution in [0.1, 0.15) is 22.0 Å². The fraction of sp³-hybridized carbons (Fsp3) is 0.150. The van der Waals surface area contributed by atoms with Crippen LogP contribution in [0.15, 0.2) is 78.2 Å². The number of hydrogen-bond acceptors (Lipinski definition) is 3. The summed E-state index contributed by atoms with van der Waals surface area (Å²) in [5.41, 5.74) is 2.36. The Morgan fingerprint density at radius 3 is 2.33 bits per heavy atom. The summed E-state index contributed by atoms with van der Waals surface area (Å²) in [6.45, 7) is 0. The highest BCUT2D eigenvalue weighted by atomic mass is 32.2. The molecule has 2 aromatic carbocycles. The van der Waals surface area contributed by atoms with E-state index in [2.05, 4.69) is 35.6 Å². The Hall–Kier alpha value is -2.04. The van der Waals surface area contributed by atoms with Crippen molar-refractivity contribution in [1.82, 2.24) is 5.32 Å². The number of benzene rings is 2. The summed E-state index contributed by atoms with van der Waals surface area (Å²) in [7, 11) is 0. The maximum absolute atomic E-state index is 12.4. The molecule has 1 heterocycles. The van der Waals surface area contributed by atoms with Gasteiger partial charge in [0.25, 0.3) is 0 Å². The lowest BCUT2D eigenvalue weighted by molar-refractivity contribution is -0.119. The van der Waals surface area contributed by atoms with Crippen LogP contribution < -0.4 is 5.32 Å². The number of amides is 1. The molecule has 0 aliphatic rings. The molecular weight excluding hydrogens is 334 g/mol. The van der Waals surface area contributed by atoms with Crippen molar-refractivity contribution in [3.05, 3.63) is 94.2 Å². The topological polar surface area (TPSA) is 29.1 Å². The highest BCUT2D eigenvalue weighted by molar-refractivity contribution is 7.99. The maximum Gasteiger partial charge on any atom is 0.230 e. The Kier molecular flexibility index (Phi) is 6.10. The van der Waals surface area contributed by atoms with Gasteiger partial charge in [0.2, 0.25) is 5.91 Å². The van der Waals surface area contributed by atoms with Crippen LogP contribution in [0.25, 0.3) is 0 Å². The van der Waals surface area contributed by atoms with Crippen molar-refractivity contribution in [1.29, 1.82) is 0 Å². The summed E-state index contributed by atoms with van der Waals surface area (Å²) >= 11 is 3.31. The van der Waals surface area contributed by atoms with Crippen LogP contribution in [0.4, 0.5) is 0 Å². The second-order valence-corrected chi connectivity index (χ2v) is 7.37. The predicted molar refractivity (Wildman–Crippen MR) is 103 cm³/mol. The zero-order valence-corrected chi connectivity index (χ0v) is 14.9. The van der Waals surface area contributed by atoms with E-state index in [-0.39, 0.29) is 11.9 Å². The molecule has 122 valence electrons. The van der Waals surface area contributed by atoms with Gasteiger partial charge in [0.15, 0.2) is 0 Å². The quantitative estimate of drug-likeness (QED) is 0.655. The van der Waals surface area contributed by atoms with E-state index in [0.717, 1.165) is 16.2 Å². The molecule has 1 atom stereocenters. The molecule has 1 aromatic heterocycles. The Morgan fingerprint density at radius 2 is 1.67 bits per heavy atom.